The van der Waals surface area contributed by atoms with E-state index in [-0.39, 0.29) is 42.6 Å². The summed E-state index contributed by atoms with van der Waals surface area (Å²) in [6.07, 6.45) is -0.105. The van der Waals surface area contributed by atoms with Crippen LogP contribution >= 0.6 is 0 Å². The van der Waals surface area contributed by atoms with Crippen molar-refractivity contribution in [1.82, 2.24) is 4.90 Å². The Morgan fingerprint density at radius 1 is 1.33 bits per heavy atom. The zero-order valence-corrected chi connectivity index (χ0v) is 14.7. The van der Waals surface area contributed by atoms with Gasteiger partial charge in [-0.25, -0.2) is 4.79 Å². The van der Waals surface area contributed by atoms with Crippen LogP contribution in [0, 0.1) is 0 Å². The number of carbonyl (C=O) groups is 2. The topological polar surface area (TPSA) is 180 Å². The van der Waals surface area contributed by atoms with Crippen molar-refractivity contribution in [2.45, 2.75) is 31.3 Å². The van der Waals surface area contributed by atoms with Crippen molar-refractivity contribution in [1.29, 1.82) is 0 Å². The van der Waals surface area contributed by atoms with Gasteiger partial charge >= 0.3 is 13.1 Å². The van der Waals surface area contributed by atoms with E-state index >= 15 is 0 Å². The number of aromatic hydroxyl groups is 1. The molecule has 2 rings (SSSR count). The number of rotatable bonds is 10. The molecule has 0 radical (unpaired) electrons. The molecule has 0 spiro atoms. The monoisotopic (exact) mass is 381 g/mol. The zero-order valence-electron chi connectivity index (χ0n) is 14.7. The van der Waals surface area contributed by atoms with Gasteiger partial charge in [0.05, 0.1) is 0 Å². The second-order valence-electron chi connectivity index (χ2n) is 6.66. The normalized spacial score (nSPS) is 15.8. The molecule has 0 aliphatic carbocycles. The molecule has 1 aromatic carbocycles. The first-order valence-corrected chi connectivity index (χ1v) is 8.54. The summed E-state index contributed by atoms with van der Waals surface area (Å²) in [5.74, 6) is -2.21. The number of hydrogen-bond donors (Lipinski definition) is 6. The maximum absolute atomic E-state index is 11.5. The van der Waals surface area contributed by atoms with Crippen LogP contribution in [0.1, 0.15) is 22.3 Å². The average molecular weight is 381 g/mol. The maximum atomic E-state index is 11.5. The highest BCUT2D eigenvalue weighted by Crippen LogP contribution is 2.33. The summed E-state index contributed by atoms with van der Waals surface area (Å²) in [6.45, 7) is 1.48. The maximum Gasteiger partial charge on any atom is 0.451 e. The summed E-state index contributed by atoms with van der Waals surface area (Å²) < 4.78 is 5.68. The lowest BCUT2D eigenvalue weighted by molar-refractivity contribution is -0.118. The van der Waals surface area contributed by atoms with Gasteiger partial charge in [-0.05, 0) is 24.4 Å². The molecule has 1 saturated heterocycles. The third-order valence-corrected chi connectivity index (χ3v) is 4.28. The van der Waals surface area contributed by atoms with Gasteiger partial charge in [-0.15, -0.1) is 0 Å². The summed E-state index contributed by atoms with van der Waals surface area (Å²) in [5.41, 5.74) is 10.8. The van der Waals surface area contributed by atoms with Crippen LogP contribution in [0.15, 0.2) is 12.1 Å². The quantitative estimate of drug-likeness (QED) is 0.259. The fraction of sp³-hybridized carbons (Fsp3) is 0.500. The van der Waals surface area contributed by atoms with Crippen molar-refractivity contribution >= 4 is 19.0 Å². The number of aryl methyl sites for hydroxylation is 1. The Labute approximate surface area is 156 Å². The molecule has 1 atom stereocenters. The second-order valence-corrected chi connectivity index (χ2v) is 6.66. The molecule has 1 fully saturated rings. The van der Waals surface area contributed by atoms with Crippen LogP contribution in [0.3, 0.4) is 0 Å². The number of hydrogen-bond acceptors (Lipinski definition) is 8. The highest BCUT2D eigenvalue weighted by molar-refractivity contribution is 6.41. The van der Waals surface area contributed by atoms with Crippen molar-refractivity contribution in [3.8, 4) is 11.5 Å². The summed E-state index contributed by atoms with van der Waals surface area (Å²) >= 11 is 0. The number of nitrogens with two attached hydrogens (primary N) is 2. The van der Waals surface area contributed by atoms with Crippen molar-refractivity contribution < 1.29 is 34.6 Å². The van der Waals surface area contributed by atoms with Crippen LogP contribution in [-0.2, 0) is 11.2 Å². The van der Waals surface area contributed by atoms with Gasteiger partial charge in [0.1, 0.15) is 23.2 Å². The van der Waals surface area contributed by atoms with Gasteiger partial charge in [-0.1, -0.05) is 6.07 Å². The number of amides is 1. The predicted molar refractivity (Wildman–Crippen MR) is 96.4 cm³/mol. The van der Waals surface area contributed by atoms with E-state index in [4.69, 9.17) is 26.3 Å². The molecule has 10 nitrogen and oxygen atoms in total. The minimum Gasteiger partial charge on any atom is -0.507 e. The summed E-state index contributed by atoms with van der Waals surface area (Å²) in [6, 6.07) is 2.57. The highest BCUT2D eigenvalue weighted by atomic mass is 16.5. The number of nitrogens with zero attached hydrogens (tertiary/aromatic N) is 1. The summed E-state index contributed by atoms with van der Waals surface area (Å²) in [7, 11) is -1.55. The number of carbonyl (C=O) groups excluding carboxylic acids is 1. The first kappa shape index (κ1) is 21.0. The molecule has 27 heavy (non-hydrogen) atoms. The molecule has 0 unspecified atom stereocenters. The van der Waals surface area contributed by atoms with E-state index in [2.05, 4.69) is 0 Å². The standard InChI is InChI=1S/C16H24BN3O7/c18-10(5-13(19)21)6-20-7-11(8-20)27-12-2-1-9(3-4-17(25)26)15(22)14(12)16(23)24/h1-2,10-11,22,25-26H,3-8,18H2,(H2,19,21)(H,23,24)/t10-/m1/s1. The van der Waals surface area contributed by atoms with Crippen LogP contribution in [0.25, 0.3) is 0 Å². The predicted octanol–water partition coefficient (Wildman–Crippen LogP) is -1.63. The average Bonchev–Trinajstić information content (AvgIpc) is 2.50. The SMILES string of the molecule is NC(=O)C[C@@H](N)CN1CC(Oc2ccc(CCB(O)O)c(O)c2C(=O)O)C1. The van der Waals surface area contributed by atoms with Crippen molar-refractivity contribution in [2.75, 3.05) is 19.6 Å². The number of likely N-dealkylation sites (tertiary alicyclic amines) is 1. The van der Waals surface area contributed by atoms with E-state index in [0.29, 0.717) is 25.2 Å². The van der Waals surface area contributed by atoms with Crippen LogP contribution in [0.4, 0.5) is 0 Å². The highest BCUT2D eigenvalue weighted by Gasteiger charge is 2.31. The summed E-state index contributed by atoms with van der Waals surface area (Å²) in [4.78, 5) is 24.3. The minimum atomic E-state index is -1.55. The molecule has 1 heterocycles. The Morgan fingerprint density at radius 2 is 2.00 bits per heavy atom. The van der Waals surface area contributed by atoms with Gasteiger partial charge in [0.15, 0.2) is 0 Å². The van der Waals surface area contributed by atoms with Gasteiger partial charge in [0.2, 0.25) is 5.91 Å². The number of ether oxygens (including phenoxy) is 1. The lowest BCUT2D eigenvalue weighted by Crippen LogP contribution is -2.57. The van der Waals surface area contributed by atoms with E-state index in [1.54, 1.807) is 0 Å². The van der Waals surface area contributed by atoms with E-state index < -0.39 is 24.7 Å². The number of carboxylic acids is 1. The molecule has 0 aromatic heterocycles. The smallest absolute Gasteiger partial charge is 0.451 e. The Bertz CT molecular complexity index is 695. The molecule has 0 saturated carbocycles. The largest absolute Gasteiger partial charge is 0.507 e. The van der Waals surface area contributed by atoms with E-state index in [1.165, 1.54) is 12.1 Å². The third-order valence-electron chi connectivity index (χ3n) is 4.28. The van der Waals surface area contributed by atoms with Crippen molar-refractivity contribution in [3.63, 3.8) is 0 Å². The van der Waals surface area contributed by atoms with Gasteiger partial charge in [-0.2, -0.15) is 0 Å². The van der Waals surface area contributed by atoms with Gasteiger partial charge in [0.25, 0.3) is 0 Å². The molecule has 1 aliphatic rings. The van der Waals surface area contributed by atoms with Gasteiger partial charge < -0.3 is 36.5 Å². The lowest BCUT2D eigenvalue weighted by Gasteiger charge is -2.40. The number of carboxylic acid groups (broad SMARTS) is 1. The van der Waals surface area contributed by atoms with E-state index in [9.17, 15) is 19.8 Å². The fourth-order valence-electron chi connectivity index (χ4n) is 2.99. The zero-order chi connectivity index (χ0) is 20.1. The van der Waals surface area contributed by atoms with Crippen LogP contribution in [0.2, 0.25) is 6.32 Å². The Morgan fingerprint density at radius 3 is 2.56 bits per heavy atom. The molecule has 1 aliphatic heterocycles. The number of aromatic carboxylic acids is 1. The van der Waals surface area contributed by atoms with Crippen molar-refractivity contribution in [2.24, 2.45) is 11.5 Å². The summed E-state index contributed by atoms with van der Waals surface area (Å²) in [5, 5.41) is 37.5. The van der Waals surface area contributed by atoms with Crippen LogP contribution < -0.4 is 16.2 Å². The first-order chi connectivity index (χ1) is 12.7. The molecule has 0 bridgehead atoms. The van der Waals surface area contributed by atoms with Crippen LogP contribution in [0.5, 0.6) is 11.5 Å². The Balaban J connectivity index is 1.98. The van der Waals surface area contributed by atoms with E-state index in [0.717, 1.165) is 0 Å². The van der Waals surface area contributed by atoms with E-state index in [1.807, 2.05) is 4.90 Å². The number of benzene rings is 1. The fourth-order valence-corrected chi connectivity index (χ4v) is 2.99. The molecule has 1 amide bonds. The molecule has 8 N–H and O–H groups in total. The minimum absolute atomic E-state index is 0.0318. The van der Waals surface area contributed by atoms with Crippen LogP contribution in [-0.4, -0.2) is 75.9 Å². The second kappa shape index (κ2) is 9.04. The Kier molecular flexibility index (Phi) is 7.02. The number of primary amides is 1. The molecule has 148 valence electrons. The molecular formula is C16H24BN3O7. The molecule has 1 aromatic rings. The lowest BCUT2D eigenvalue weighted by atomic mass is 9.82. The van der Waals surface area contributed by atoms with Gasteiger partial charge in [0, 0.05) is 32.1 Å². The first-order valence-electron chi connectivity index (χ1n) is 8.54. The van der Waals surface area contributed by atoms with Gasteiger partial charge in [-0.3, -0.25) is 9.69 Å². The van der Waals surface area contributed by atoms with Crippen molar-refractivity contribution in [3.05, 3.63) is 23.3 Å². The molecular weight excluding hydrogens is 357 g/mol. The third kappa shape index (κ3) is 5.83. The Hall–Kier alpha value is -2.34. The molecule has 11 heteroatoms. The number of phenols is 1.